The van der Waals surface area contributed by atoms with Gasteiger partial charge in [0.15, 0.2) is 0 Å². The molecule has 1 rings (SSSR count). The number of amides is 1. The van der Waals surface area contributed by atoms with Crippen molar-refractivity contribution in [2.75, 3.05) is 0 Å². The van der Waals surface area contributed by atoms with Crippen molar-refractivity contribution in [3.63, 3.8) is 0 Å². The predicted molar refractivity (Wildman–Crippen MR) is 46.9 cm³/mol. The predicted octanol–water partition coefficient (Wildman–Crippen LogP) is 0.891. The summed E-state index contributed by atoms with van der Waals surface area (Å²) in [5.41, 5.74) is -0.442. The highest BCUT2D eigenvalue weighted by Gasteiger charge is 2.57. The molecule has 0 aromatic rings. The van der Waals surface area contributed by atoms with Gasteiger partial charge >= 0.3 is 5.97 Å². The zero-order chi connectivity index (χ0) is 10.1. The van der Waals surface area contributed by atoms with Gasteiger partial charge in [-0.2, -0.15) is 0 Å². The van der Waals surface area contributed by atoms with Gasteiger partial charge in [-0.25, -0.2) is 0 Å². The lowest BCUT2D eigenvalue weighted by Gasteiger charge is -2.10. The Morgan fingerprint density at radius 1 is 1.46 bits per heavy atom. The van der Waals surface area contributed by atoms with Crippen molar-refractivity contribution in [2.24, 2.45) is 5.41 Å². The lowest BCUT2D eigenvalue weighted by Crippen LogP contribution is -2.35. The molecule has 2 N–H and O–H groups in total. The first-order chi connectivity index (χ1) is 6.03. The van der Waals surface area contributed by atoms with E-state index in [9.17, 15) is 9.59 Å². The Bertz CT molecular complexity index is 277. The number of carbonyl (C=O) groups excluding carboxylic acids is 1. The molecule has 13 heavy (non-hydrogen) atoms. The highest BCUT2D eigenvalue weighted by Crippen LogP contribution is 2.46. The summed E-state index contributed by atoms with van der Waals surface area (Å²) in [7, 11) is 0. The van der Waals surface area contributed by atoms with E-state index in [2.05, 4.69) is 5.32 Å². The van der Waals surface area contributed by atoms with Crippen molar-refractivity contribution in [1.82, 2.24) is 5.32 Å². The van der Waals surface area contributed by atoms with Crippen molar-refractivity contribution in [3.8, 4) is 0 Å². The zero-order valence-electron chi connectivity index (χ0n) is 7.76. The molecule has 1 amide bonds. The molecule has 1 fully saturated rings. The Hall–Kier alpha value is -1.32. The van der Waals surface area contributed by atoms with Crippen LogP contribution in [0.4, 0.5) is 0 Å². The van der Waals surface area contributed by atoms with Gasteiger partial charge in [0.2, 0.25) is 5.91 Å². The molecule has 0 spiro atoms. The van der Waals surface area contributed by atoms with Crippen LogP contribution >= 0.6 is 0 Å². The molecule has 4 nitrogen and oxygen atoms in total. The van der Waals surface area contributed by atoms with Gasteiger partial charge in [-0.1, -0.05) is 6.08 Å². The molecule has 1 aliphatic rings. The Balaban J connectivity index is 2.64. The number of aliphatic carboxylic acids is 1. The van der Waals surface area contributed by atoms with E-state index in [-0.39, 0.29) is 0 Å². The minimum atomic E-state index is -1.13. The van der Waals surface area contributed by atoms with E-state index in [1.54, 1.807) is 19.9 Å². The van der Waals surface area contributed by atoms with E-state index in [1.807, 2.05) is 0 Å². The summed E-state index contributed by atoms with van der Waals surface area (Å²) < 4.78 is 0. The molecule has 0 bridgehead atoms. The molecular formula is C9H13NO3. The molecule has 0 unspecified atom stereocenters. The third-order valence-electron chi connectivity index (χ3n) is 2.34. The molecule has 0 aliphatic heterocycles. The lowest BCUT2D eigenvalue weighted by molar-refractivity contribution is -0.148. The van der Waals surface area contributed by atoms with Crippen molar-refractivity contribution in [2.45, 2.75) is 26.7 Å². The van der Waals surface area contributed by atoms with Crippen LogP contribution < -0.4 is 5.32 Å². The van der Waals surface area contributed by atoms with E-state index in [1.165, 1.54) is 0 Å². The van der Waals surface area contributed by atoms with Gasteiger partial charge in [0.25, 0.3) is 0 Å². The Morgan fingerprint density at radius 2 is 2.00 bits per heavy atom. The summed E-state index contributed by atoms with van der Waals surface area (Å²) in [6.45, 7) is 3.52. The maximum Gasteiger partial charge on any atom is 0.319 e. The first kappa shape index (κ1) is 9.77. The molecule has 1 aliphatic carbocycles. The average molecular weight is 183 g/mol. The third-order valence-corrected chi connectivity index (χ3v) is 2.34. The Morgan fingerprint density at radius 3 is 2.31 bits per heavy atom. The van der Waals surface area contributed by atoms with Gasteiger partial charge in [0.05, 0.1) is 0 Å². The van der Waals surface area contributed by atoms with E-state index in [4.69, 9.17) is 5.11 Å². The van der Waals surface area contributed by atoms with Crippen LogP contribution in [0, 0.1) is 5.41 Å². The standard InChI is InChI=1S/C9H13NO3/c1-3-6(2)10-7(11)9(4-5-9)8(12)13/h3H,4-5H2,1-2H3,(H,10,11)(H,12,13). The van der Waals surface area contributed by atoms with Gasteiger partial charge in [0.1, 0.15) is 5.41 Å². The van der Waals surface area contributed by atoms with E-state index in [0.29, 0.717) is 18.5 Å². The highest BCUT2D eigenvalue weighted by molar-refractivity contribution is 6.05. The third kappa shape index (κ3) is 1.71. The molecule has 72 valence electrons. The maximum atomic E-state index is 11.4. The maximum absolute atomic E-state index is 11.4. The monoisotopic (exact) mass is 183 g/mol. The van der Waals surface area contributed by atoms with Crippen LogP contribution in [0.15, 0.2) is 11.8 Å². The minimum absolute atomic E-state index is 0.393. The normalized spacial score (nSPS) is 19.4. The SMILES string of the molecule is CC=C(C)NC(=O)C1(C(=O)O)CC1. The number of nitrogens with one attached hydrogen (secondary N) is 1. The second-order valence-corrected chi connectivity index (χ2v) is 3.31. The van der Waals surface area contributed by atoms with Crippen LogP contribution in [0.1, 0.15) is 26.7 Å². The molecule has 0 saturated heterocycles. The average Bonchev–Trinajstić information content (AvgIpc) is 2.83. The van der Waals surface area contributed by atoms with E-state index >= 15 is 0 Å². The van der Waals surface area contributed by atoms with Gasteiger partial charge in [-0.3, -0.25) is 9.59 Å². The first-order valence-electron chi connectivity index (χ1n) is 4.20. The molecule has 4 heteroatoms. The van der Waals surface area contributed by atoms with Crippen molar-refractivity contribution < 1.29 is 14.7 Å². The van der Waals surface area contributed by atoms with Gasteiger partial charge in [-0.15, -0.1) is 0 Å². The minimum Gasteiger partial charge on any atom is -0.480 e. The van der Waals surface area contributed by atoms with E-state index < -0.39 is 17.3 Å². The summed E-state index contributed by atoms with van der Waals surface area (Å²) in [5, 5.41) is 11.3. The van der Waals surface area contributed by atoms with Crippen molar-refractivity contribution in [1.29, 1.82) is 0 Å². The second-order valence-electron chi connectivity index (χ2n) is 3.31. The Labute approximate surface area is 76.6 Å². The van der Waals surface area contributed by atoms with Gasteiger partial charge < -0.3 is 10.4 Å². The molecule has 0 heterocycles. The van der Waals surface area contributed by atoms with Crippen molar-refractivity contribution in [3.05, 3.63) is 11.8 Å². The van der Waals surface area contributed by atoms with Crippen LogP contribution in [-0.4, -0.2) is 17.0 Å². The summed E-state index contributed by atoms with van der Waals surface area (Å²) >= 11 is 0. The fraction of sp³-hybridized carbons (Fsp3) is 0.556. The number of allylic oxidation sites excluding steroid dienone is 2. The first-order valence-corrected chi connectivity index (χ1v) is 4.20. The van der Waals surface area contributed by atoms with Crippen LogP contribution in [0.25, 0.3) is 0 Å². The zero-order valence-corrected chi connectivity index (χ0v) is 7.76. The number of carboxylic acid groups (broad SMARTS) is 1. The number of rotatable bonds is 3. The molecule has 0 atom stereocenters. The van der Waals surface area contributed by atoms with Gasteiger partial charge in [0, 0.05) is 5.70 Å². The molecule has 0 radical (unpaired) electrons. The Kier molecular flexibility index (Phi) is 2.40. The number of carbonyl (C=O) groups is 2. The quantitative estimate of drug-likeness (QED) is 0.638. The fourth-order valence-corrected chi connectivity index (χ4v) is 1.03. The fourth-order valence-electron chi connectivity index (χ4n) is 1.03. The number of hydrogen-bond donors (Lipinski definition) is 2. The molecular weight excluding hydrogens is 170 g/mol. The molecule has 0 aromatic heterocycles. The lowest BCUT2D eigenvalue weighted by atomic mass is 10.1. The number of carboxylic acids is 1. The summed E-state index contributed by atoms with van der Waals surface area (Å²) in [4.78, 5) is 22.1. The smallest absolute Gasteiger partial charge is 0.319 e. The second kappa shape index (κ2) is 3.20. The topological polar surface area (TPSA) is 66.4 Å². The highest BCUT2D eigenvalue weighted by atomic mass is 16.4. The van der Waals surface area contributed by atoms with Crippen LogP contribution in [0.3, 0.4) is 0 Å². The summed E-state index contributed by atoms with van der Waals surface area (Å²) in [6.07, 6.45) is 2.63. The largest absolute Gasteiger partial charge is 0.480 e. The number of hydrogen-bond acceptors (Lipinski definition) is 2. The van der Waals surface area contributed by atoms with Crippen LogP contribution in [0.2, 0.25) is 0 Å². The summed E-state index contributed by atoms with van der Waals surface area (Å²) in [6, 6.07) is 0. The summed E-state index contributed by atoms with van der Waals surface area (Å²) in [5.74, 6) is -1.41. The van der Waals surface area contributed by atoms with Crippen LogP contribution in [0.5, 0.6) is 0 Å². The van der Waals surface area contributed by atoms with E-state index in [0.717, 1.165) is 0 Å². The molecule has 1 saturated carbocycles. The van der Waals surface area contributed by atoms with Gasteiger partial charge in [-0.05, 0) is 26.7 Å². The molecule has 0 aromatic carbocycles. The van der Waals surface area contributed by atoms with Crippen LogP contribution in [-0.2, 0) is 9.59 Å². The van der Waals surface area contributed by atoms with Crippen molar-refractivity contribution >= 4 is 11.9 Å².